The fraction of sp³-hybridized carbons (Fsp3) is 0.222. The van der Waals surface area contributed by atoms with Gasteiger partial charge >= 0.3 is 0 Å². The molecule has 3 aromatic rings. The minimum absolute atomic E-state index is 0.0698. The Hall–Kier alpha value is -2.41. The number of hydrogen-bond acceptors (Lipinski definition) is 3. The molecule has 2 aromatic heterocycles. The lowest BCUT2D eigenvalue weighted by atomic mass is 10.0. The van der Waals surface area contributed by atoms with E-state index in [1.165, 1.54) is 12.1 Å². The lowest BCUT2D eigenvalue weighted by Crippen LogP contribution is -2.27. The minimum Gasteiger partial charge on any atom is -0.454 e. The van der Waals surface area contributed by atoms with Crippen molar-refractivity contribution in [3.8, 4) is 0 Å². The molecule has 0 aliphatic heterocycles. The van der Waals surface area contributed by atoms with Gasteiger partial charge < -0.3 is 9.73 Å². The quantitative estimate of drug-likeness (QED) is 0.674. The molecule has 0 fully saturated rings. The second-order valence-electron chi connectivity index (χ2n) is 5.78. The van der Waals surface area contributed by atoms with Crippen LogP contribution in [0.25, 0.3) is 0 Å². The summed E-state index contributed by atoms with van der Waals surface area (Å²) in [6, 6.07) is 9.68. The lowest BCUT2D eigenvalue weighted by molar-refractivity contribution is 0.0922. The first kappa shape index (κ1) is 17.4. The monoisotopic (exact) mass is 405 g/mol. The SMILES string of the molecule is CC(CNC(=O)c1ccc(Cn2cc(Br)cn2)o1)c1ccc(F)cc1. The molecule has 5 nitrogen and oxygen atoms in total. The van der Waals surface area contributed by atoms with Crippen LogP contribution in [0.15, 0.2) is 57.7 Å². The molecule has 1 atom stereocenters. The number of hydrogen-bond donors (Lipinski definition) is 1. The lowest BCUT2D eigenvalue weighted by Gasteiger charge is -2.12. The Balaban J connectivity index is 1.55. The number of benzene rings is 1. The van der Waals surface area contributed by atoms with Crippen molar-refractivity contribution in [3.05, 3.63) is 76.2 Å². The summed E-state index contributed by atoms with van der Waals surface area (Å²) in [4.78, 5) is 12.2. The third kappa shape index (κ3) is 4.57. The van der Waals surface area contributed by atoms with Gasteiger partial charge in [-0.15, -0.1) is 0 Å². The summed E-state index contributed by atoms with van der Waals surface area (Å²) in [5.41, 5.74) is 0.964. The highest BCUT2D eigenvalue weighted by Gasteiger charge is 2.13. The van der Waals surface area contributed by atoms with E-state index in [1.54, 1.807) is 35.1 Å². The summed E-state index contributed by atoms with van der Waals surface area (Å²) < 4.78 is 21.1. The molecule has 2 heterocycles. The van der Waals surface area contributed by atoms with Gasteiger partial charge in [0.25, 0.3) is 5.91 Å². The van der Waals surface area contributed by atoms with Gasteiger partial charge in [-0.25, -0.2) is 4.39 Å². The van der Waals surface area contributed by atoms with Gasteiger partial charge in [0.2, 0.25) is 0 Å². The first-order valence-electron chi connectivity index (χ1n) is 7.81. The molecule has 7 heteroatoms. The zero-order chi connectivity index (χ0) is 17.8. The first-order chi connectivity index (χ1) is 12.0. The van der Waals surface area contributed by atoms with E-state index in [9.17, 15) is 9.18 Å². The number of rotatable bonds is 6. The third-order valence-electron chi connectivity index (χ3n) is 3.81. The molecule has 1 amide bonds. The number of halogens is 2. The molecule has 0 aliphatic carbocycles. The van der Waals surface area contributed by atoms with Crippen LogP contribution in [0.3, 0.4) is 0 Å². The van der Waals surface area contributed by atoms with E-state index >= 15 is 0 Å². The van der Waals surface area contributed by atoms with Gasteiger partial charge in [-0.3, -0.25) is 9.48 Å². The molecule has 0 radical (unpaired) electrons. The molecular formula is C18H17BrFN3O2. The highest BCUT2D eigenvalue weighted by Crippen LogP contribution is 2.16. The summed E-state index contributed by atoms with van der Waals surface area (Å²) >= 11 is 3.33. The van der Waals surface area contributed by atoms with Crippen LogP contribution in [0.4, 0.5) is 4.39 Å². The number of carbonyl (C=O) groups is 1. The molecular weight excluding hydrogens is 389 g/mol. The summed E-state index contributed by atoms with van der Waals surface area (Å²) in [7, 11) is 0. The largest absolute Gasteiger partial charge is 0.454 e. The molecule has 0 bridgehead atoms. The second kappa shape index (κ2) is 7.65. The maximum absolute atomic E-state index is 13.0. The Bertz CT molecular complexity index is 857. The van der Waals surface area contributed by atoms with E-state index in [-0.39, 0.29) is 23.4 Å². The van der Waals surface area contributed by atoms with Crippen LogP contribution in [0.1, 0.15) is 34.7 Å². The second-order valence-corrected chi connectivity index (χ2v) is 6.70. The van der Waals surface area contributed by atoms with Crippen molar-refractivity contribution in [3.63, 3.8) is 0 Å². The predicted octanol–water partition coefficient (Wildman–Crippen LogP) is 3.96. The molecule has 0 saturated carbocycles. The Morgan fingerprint density at radius 2 is 2.08 bits per heavy atom. The van der Waals surface area contributed by atoms with Crippen molar-refractivity contribution < 1.29 is 13.6 Å². The van der Waals surface area contributed by atoms with Crippen LogP contribution in [-0.4, -0.2) is 22.2 Å². The standard InChI is InChI=1S/C18H17BrFN3O2/c1-12(13-2-4-15(20)5-3-13)8-21-18(24)17-7-6-16(25-17)11-23-10-14(19)9-22-23/h2-7,9-10,12H,8,11H2,1H3,(H,21,24). The molecule has 1 N–H and O–H groups in total. The van der Waals surface area contributed by atoms with Gasteiger partial charge in [0.15, 0.2) is 5.76 Å². The van der Waals surface area contributed by atoms with Crippen molar-refractivity contribution >= 4 is 21.8 Å². The molecule has 130 valence electrons. The molecule has 0 aliphatic rings. The van der Waals surface area contributed by atoms with Crippen LogP contribution in [0, 0.1) is 5.82 Å². The Morgan fingerprint density at radius 1 is 1.32 bits per heavy atom. The van der Waals surface area contributed by atoms with Gasteiger partial charge in [-0.05, 0) is 51.7 Å². The Morgan fingerprint density at radius 3 is 2.76 bits per heavy atom. The van der Waals surface area contributed by atoms with Gasteiger partial charge in [0, 0.05) is 12.7 Å². The molecule has 0 saturated heterocycles. The summed E-state index contributed by atoms with van der Waals surface area (Å²) in [5, 5.41) is 6.98. The minimum atomic E-state index is -0.276. The smallest absolute Gasteiger partial charge is 0.287 e. The van der Waals surface area contributed by atoms with Crippen molar-refractivity contribution in [1.29, 1.82) is 0 Å². The zero-order valence-electron chi connectivity index (χ0n) is 13.6. The first-order valence-corrected chi connectivity index (χ1v) is 8.61. The van der Waals surface area contributed by atoms with E-state index in [0.717, 1.165) is 10.0 Å². The number of carbonyl (C=O) groups excluding carboxylic acids is 1. The van der Waals surface area contributed by atoms with Gasteiger partial charge in [-0.1, -0.05) is 19.1 Å². The predicted molar refractivity (Wildman–Crippen MR) is 94.9 cm³/mol. The number of furan rings is 1. The van der Waals surface area contributed by atoms with E-state index in [0.29, 0.717) is 18.8 Å². The van der Waals surface area contributed by atoms with E-state index in [1.807, 2.05) is 13.1 Å². The topological polar surface area (TPSA) is 60.1 Å². The van der Waals surface area contributed by atoms with Crippen LogP contribution in [0.5, 0.6) is 0 Å². The molecule has 25 heavy (non-hydrogen) atoms. The van der Waals surface area contributed by atoms with Gasteiger partial charge in [0.05, 0.1) is 17.2 Å². The fourth-order valence-electron chi connectivity index (χ4n) is 2.41. The van der Waals surface area contributed by atoms with E-state index in [2.05, 4.69) is 26.3 Å². The van der Waals surface area contributed by atoms with Crippen molar-refractivity contribution in [2.24, 2.45) is 0 Å². The number of aromatic nitrogens is 2. The Labute approximate surface area is 153 Å². The van der Waals surface area contributed by atoms with Gasteiger partial charge in [0.1, 0.15) is 11.6 Å². The maximum atomic E-state index is 13.0. The average Bonchev–Trinajstić information content (AvgIpc) is 3.22. The summed E-state index contributed by atoms with van der Waals surface area (Å²) in [6.45, 7) is 2.86. The normalized spacial score (nSPS) is 12.1. The number of nitrogens with one attached hydrogen (secondary N) is 1. The fourth-order valence-corrected chi connectivity index (χ4v) is 2.74. The van der Waals surface area contributed by atoms with Crippen LogP contribution < -0.4 is 5.32 Å². The van der Waals surface area contributed by atoms with Crippen LogP contribution >= 0.6 is 15.9 Å². The molecule has 1 unspecified atom stereocenters. The number of nitrogens with zero attached hydrogens (tertiary/aromatic N) is 2. The van der Waals surface area contributed by atoms with Crippen molar-refractivity contribution in [2.75, 3.05) is 6.54 Å². The van der Waals surface area contributed by atoms with E-state index in [4.69, 9.17) is 4.42 Å². The van der Waals surface area contributed by atoms with Crippen molar-refractivity contribution in [1.82, 2.24) is 15.1 Å². The Kier molecular flexibility index (Phi) is 5.33. The molecule has 0 spiro atoms. The third-order valence-corrected chi connectivity index (χ3v) is 4.22. The summed E-state index contributed by atoms with van der Waals surface area (Å²) in [6.07, 6.45) is 3.51. The van der Waals surface area contributed by atoms with Crippen LogP contribution in [0.2, 0.25) is 0 Å². The van der Waals surface area contributed by atoms with Crippen LogP contribution in [-0.2, 0) is 6.54 Å². The van der Waals surface area contributed by atoms with E-state index < -0.39 is 0 Å². The zero-order valence-corrected chi connectivity index (χ0v) is 15.2. The summed E-state index contributed by atoms with van der Waals surface area (Å²) in [5.74, 6) is 0.425. The number of amides is 1. The highest BCUT2D eigenvalue weighted by molar-refractivity contribution is 9.10. The highest BCUT2D eigenvalue weighted by atomic mass is 79.9. The maximum Gasteiger partial charge on any atom is 0.287 e. The van der Waals surface area contributed by atoms with Gasteiger partial charge in [-0.2, -0.15) is 5.10 Å². The van der Waals surface area contributed by atoms with Crippen molar-refractivity contribution in [2.45, 2.75) is 19.4 Å². The molecule has 3 rings (SSSR count). The average molecular weight is 406 g/mol. The molecule has 1 aromatic carbocycles.